The Morgan fingerprint density at radius 2 is 2.18 bits per heavy atom. The van der Waals surface area contributed by atoms with Crippen LogP contribution in [0.3, 0.4) is 0 Å². The molecule has 3 atom stereocenters. The highest BCUT2D eigenvalue weighted by Gasteiger charge is 2.46. The molecule has 28 heavy (non-hydrogen) atoms. The lowest BCUT2D eigenvalue weighted by Crippen LogP contribution is -2.62. The van der Waals surface area contributed by atoms with Gasteiger partial charge in [0.25, 0.3) is 0 Å². The van der Waals surface area contributed by atoms with Crippen molar-refractivity contribution in [3.8, 4) is 5.69 Å². The maximum absolute atomic E-state index is 13.4. The number of piperazine rings is 1. The quantitative estimate of drug-likeness (QED) is 0.811. The van der Waals surface area contributed by atoms with Crippen LogP contribution in [0.15, 0.2) is 36.7 Å². The first-order valence-corrected chi connectivity index (χ1v) is 9.56. The molecule has 2 fully saturated rings. The average Bonchev–Trinajstić information content (AvgIpc) is 3.30. The van der Waals surface area contributed by atoms with Gasteiger partial charge in [-0.15, -0.1) is 0 Å². The van der Waals surface area contributed by atoms with Crippen LogP contribution in [-0.2, 0) is 16.1 Å². The molecule has 2 N–H and O–H groups in total. The highest BCUT2D eigenvalue weighted by molar-refractivity contribution is 5.97. The Labute approximate surface area is 162 Å². The molecule has 8 heteroatoms. The van der Waals surface area contributed by atoms with E-state index in [0.29, 0.717) is 25.2 Å². The van der Waals surface area contributed by atoms with Crippen LogP contribution in [0.2, 0.25) is 0 Å². The zero-order valence-electron chi connectivity index (χ0n) is 15.9. The fraction of sp³-hybridized carbons (Fsp3) is 0.450. The summed E-state index contributed by atoms with van der Waals surface area (Å²) in [6.07, 6.45) is 4.17. The van der Waals surface area contributed by atoms with Gasteiger partial charge in [-0.05, 0) is 30.5 Å². The molecule has 0 radical (unpaired) electrons. The molecular formula is C20H24FN5O2. The van der Waals surface area contributed by atoms with Gasteiger partial charge in [-0.1, -0.05) is 19.9 Å². The third-order valence-electron chi connectivity index (χ3n) is 5.42. The van der Waals surface area contributed by atoms with Gasteiger partial charge in [0, 0.05) is 30.9 Å². The number of nitrogens with one attached hydrogen (secondary N) is 2. The van der Waals surface area contributed by atoms with Crippen molar-refractivity contribution in [1.82, 2.24) is 25.3 Å². The topological polar surface area (TPSA) is 79.3 Å². The second-order valence-corrected chi connectivity index (χ2v) is 7.82. The van der Waals surface area contributed by atoms with Crippen molar-refractivity contribution in [3.05, 3.63) is 48.0 Å². The van der Waals surface area contributed by atoms with E-state index in [9.17, 15) is 14.0 Å². The van der Waals surface area contributed by atoms with E-state index < -0.39 is 12.1 Å². The summed E-state index contributed by atoms with van der Waals surface area (Å²) in [7, 11) is 0. The number of carbonyl (C=O) groups is 2. The van der Waals surface area contributed by atoms with Crippen LogP contribution in [0.4, 0.5) is 4.39 Å². The molecule has 2 amide bonds. The zero-order chi connectivity index (χ0) is 19.8. The standard InChI is InChI=1S/C20H24FN5O2/c1-12(2)18-20(28)25-11-15(7-17(25)19(27)24-18)22-8-13-9-23-26(10-13)16-5-3-4-14(21)6-16/h3-6,9-10,12,15,17-18,22H,7-8,11H2,1-2H3,(H,24,27)/t15-,17-,18-/m0/s1. The molecule has 2 aliphatic heterocycles. The SMILES string of the molecule is CC(C)[C@@H]1NC(=O)[C@@H]2C[C@H](NCc3cnn(-c4cccc(F)c4)c3)CN2C1=O. The Morgan fingerprint density at radius 1 is 1.36 bits per heavy atom. The van der Waals surface area contributed by atoms with Crippen LogP contribution in [0.25, 0.3) is 5.69 Å². The van der Waals surface area contributed by atoms with Crippen molar-refractivity contribution in [2.24, 2.45) is 5.92 Å². The zero-order valence-corrected chi connectivity index (χ0v) is 15.9. The van der Waals surface area contributed by atoms with Gasteiger partial charge in [0.05, 0.1) is 11.9 Å². The second kappa shape index (κ2) is 7.35. The largest absolute Gasteiger partial charge is 0.342 e. The minimum absolute atomic E-state index is 0.00261. The van der Waals surface area contributed by atoms with E-state index in [1.54, 1.807) is 27.9 Å². The van der Waals surface area contributed by atoms with Crippen molar-refractivity contribution >= 4 is 11.8 Å². The molecule has 4 rings (SSSR count). The summed E-state index contributed by atoms with van der Waals surface area (Å²) in [6.45, 7) is 4.96. The number of nitrogens with zero attached hydrogens (tertiary/aromatic N) is 3. The number of carbonyl (C=O) groups excluding carboxylic acids is 2. The van der Waals surface area contributed by atoms with E-state index in [1.807, 2.05) is 20.0 Å². The average molecular weight is 385 g/mol. The number of hydrogen-bond donors (Lipinski definition) is 2. The van der Waals surface area contributed by atoms with E-state index in [4.69, 9.17) is 0 Å². The van der Waals surface area contributed by atoms with Crippen LogP contribution < -0.4 is 10.6 Å². The van der Waals surface area contributed by atoms with Crippen molar-refractivity contribution in [1.29, 1.82) is 0 Å². The van der Waals surface area contributed by atoms with Gasteiger partial charge in [0.1, 0.15) is 17.9 Å². The molecule has 0 aliphatic carbocycles. The Bertz CT molecular complexity index is 896. The molecule has 1 aromatic heterocycles. The van der Waals surface area contributed by atoms with Crippen molar-refractivity contribution in [3.63, 3.8) is 0 Å². The summed E-state index contributed by atoms with van der Waals surface area (Å²) in [5, 5.41) is 10.5. The summed E-state index contributed by atoms with van der Waals surface area (Å²) in [6, 6.07) is 5.47. The molecule has 1 aromatic carbocycles. The summed E-state index contributed by atoms with van der Waals surface area (Å²) in [5.41, 5.74) is 1.61. The summed E-state index contributed by atoms with van der Waals surface area (Å²) < 4.78 is 15.0. The van der Waals surface area contributed by atoms with Crippen LogP contribution in [0.1, 0.15) is 25.8 Å². The maximum atomic E-state index is 13.4. The minimum atomic E-state index is -0.438. The number of aromatic nitrogens is 2. The van der Waals surface area contributed by atoms with Crippen molar-refractivity contribution < 1.29 is 14.0 Å². The minimum Gasteiger partial charge on any atom is -0.342 e. The first-order chi connectivity index (χ1) is 13.4. The number of amides is 2. The van der Waals surface area contributed by atoms with Crippen LogP contribution in [0, 0.1) is 11.7 Å². The molecule has 2 aliphatic rings. The number of rotatable bonds is 5. The van der Waals surface area contributed by atoms with Gasteiger partial charge >= 0.3 is 0 Å². The number of benzene rings is 1. The van der Waals surface area contributed by atoms with Gasteiger partial charge in [0.15, 0.2) is 0 Å². The van der Waals surface area contributed by atoms with Crippen molar-refractivity contribution in [2.75, 3.05) is 6.54 Å². The predicted molar refractivity (Wildman–Crippen MR) is 101 cm³/mol. The lowest BCUT2D eigenvalue weighted by molar-refractivity contribution is -0.148. The van der Waals surface area contributed by atoms with Crippen LogP contribution >= 0.6 is 0 Å². The van der Waals surface area contributed by atoms with E-state index in [1.165, 1.54) is 12.1 Å². The maximum Gasteiger partial charge on any atom is 0.246 e. The second-order valence-electron chi connectivity index (χ2n) is 7.82. The monoisotopic (exact) mass is 385 g/mol. The molecule has 148 valence electrons. The molecule has 7 nitrogen and oxygen atoms in total. The summed E-state index contributed by atoms with van der Waals surface area (Å²) in [5.74, 6) is -0.305. The lowest BCUT2D eigenvalue weighted by Gasteiger charge is -2.36. The van der Waals surface area contributed by atoms with E-state index in [0.717, 1.165) is 5.56 Å². The third-order valence-corrected chi connectivity index (χ3v) is 5.42. The third kappa shape index (κ3) is 3.52. The highest BCUT2D eigenvalue weighted by Crippen LogP contribution is 2.25. The molecule has 3 heterocycles. The fourth-order valence-corrected chi connectivity index (χ4v) is 3.89. The number of fused-ring (bicyclic) bond motifs is 1. The smallest absolute Gasteiger partial charge is 0.246 e. The normalized spacial score (nSPS) is 24.6. The van der Waals surface area contributed by atoms with E-state index >= 15 is 0 Å². The molecule has 0 saturated carbocycles. The molecule has 0 bridgehead atoms. The van der Waals surface area contributed by atoms with Gasteiger partial charge in [-0.3, -0.25) is 9.59 Å². The fourth-order valence-electron chi connectivity index (χ4n) is 3.89. The van der Waals surface area contributed by atoms with Crippen molar-refractivity contribution in [2.45, 2.75) is 44.9 Å². The Morgan fingerprint density at radius 3 is 2.93 bits per heavy atom. The van der Waals surface area contributed by atoms with Crippen LogP contribution in [0.5, 0.6) is 0 Å². The lowest BCUT2D eigenvalue weighted by atomic mass is 9.98. The van der Waals surface area contributed by atoms with Gasteiger partial charge in [0.2, 0.25) is 11.8 Å². The predicted octanol–water partition coefficient (Wildman–Crippen LogP) is 1.22. The Kier molecular flexibility index (Phi) is 4.89. The summed E-state index contributed by atoms with van der Waals surface area (Å²) in [4.78, 5) is 26.7. The first-order valence-electron chi connectivity index (χ1n) is 9.56. The molecular weight excluding hydrogens is 361 g/mol. The number of halogens is 1. The number of hydrogen-bond acceptors (Lipinski definition) is 4. The molecule has 2 aromatic rings. The van der Waals surface area contributed by atoms with Crippen LogP contribution in [-0.4, -0.2) is 51.2 Å². The highest BCUT2D eigenvalue weighted by atomic mass is 19.1. The first kappa shape index (κ1) is 18.6. The van der Waals surface area contributed by atoms with E-state index in [2.05, 4.69) is 15.7 Å². The van der Waals surface area contributed by atoms with Gasteiger partial charge < -0.3 is 15.5 Å². The van der Waals surface area contributed by atoms with Gasteiger partial charge in [-0.25, -0.2) is 9.07 Å². The van der Waals surface area contributed by atoms with E-state index in [-0.39, 0.29) is 29.6 Å². The molecule has 2 saturated heterocycles. The Balaban J connectivity index is 1.38. The Hall–Kier alpha value is -2.74. The molecule has 0 spiro atoms. The summed E-state index contributed by atoms with van der Waals surface area (Å²) >= 11 is 0. The van der Waals surface area contributed by atoms with Gasteiger partial charge in [-0.2, -0.15) is 5.10 Å². The molecule has 0 unspecified atom stereocenters.